The second-order valence-corrected chi connectivity index (χ2v) is 6.26. The number of carbonyl (C=O) groups is 1. The molecule has 2 atom stereocenters. The molecular formula is C16H26N4O3. The molecule has 1 fully saturated rings. The highest BCUT2D eigenvalue weighted by atomic mass is 16.5. The van der Waals surface area contributed by atoms with Gasteiger partial charge in [-0.2, -0.15) is 0 Å². The van der Waals surface area contributed by atoms with Crippen LogP contribution in [0.15, 0.2) is 0 Å². The normalized spacial score (nSPS) is 23.7. The summed E-state index contributed by atoms with van der Waals surface area (Å²) < 4.78 is 13.2. The first-order chi connectivity index (χ1) is 11.3. The number of carbonyl (C=O) groups excluding carboxylic acids is 1. The van der Waals surface area contributed by atoms with Crippen molar-refractivity contribution in [3.05, 3.63) is 11.6 Å². The van der Waals surface area contributed by atoms with Crippen molar-refractivity contribution in [2.24, 2.45) is 0 Å². The summed E-state index contributed by atoms with van der Waals surface area (Å²) in [7, 11) is 0. The van der Waals surface area contributed by atoms with Gasteiger partial charge in [-0.25, -0.2) is 0 Å². The SMILES string of the molecule is CCc1nnc2n1C[C@@H](NC(=O)CCOC[C@H]1CCCO1)CC2. The number of aromatic nitrogens is 3. The summed E-state index contributed by atoms with van der Waals surface area (Å²) in [6.07, 6.45) is 5.45. The van der Waals surface area contributed by atoms with E-state index in [1.54, 1.807) is 0 Å². The molecule has 7 nitrogen and oxygen atoms in total. The van der Waals surface area contributed by atoms with Crippen LogP contribution in [0.4, 0.5) is 0 Å². The monoisotopic (exact) mass is 322 g/mol. The largest absolute Gasteiger partial charge is 0.378 e. The highest BCUT2D eigenvalue weighted by Gasteiger charge is 2.23. The number of aryl methyl sites for hydroxylation is 2. The van der Waals surface area contributed by atoms with E-state index in [1.165, 1.54) is 0 Å². The summed E-state index contributed by atoms with van der Waals surface area (Å²) in [6, 6.07) is 0.162. The van der Waals surface area contributed by atoms with Crippen LogP contribution in [0.3, 0.4) is 0 Å². The second kappa shape index (κ2) is 7.88. The van der Waals surface area contributed by atoms with Crippen LogP contribution < -0.4 is 5.32 Å². The third-order valence-electron chi connectivity index (χ3n) is 4.51. The fourth-order valence-corrected chi connectivity index (χ4v) is 3.22. The van der Waals surface area contributed by atoms with Crippen LogP contribution >= 0.6 is 0 Å². The second-order valence-electron chi connectivity index (χ2n) is 6.26. The summed E-state index contributed by atoms with van der Waals surface area (Å²) in [6.45, 7) is 4.73. The Balaban J connectivity index is 1.37. The third kappa shape index (κ3) is 4.29. The lowest BCUT2D eigenvalue weighted by atomic mass is 10.1. The van der Waals surface area contributed by atoms with Gasteiger partial charge < -0.3 is 19.4 Å². The van der Waals surface area contributed by atoms with E-state index < -0.39 is 0 Å². The number of hydrogen-bond donors (Lipinski definition) is 1. The molecule has 1 aromatic rings. The van der Waals surface area contributed by atoms with E-state index in [-0.39, 0.29) is 18.1 Å². The number of amides is 1. The van der Waals surface area contributed by atoms with E-state index in [9.17, 15) is 4.79 Å². The first-order valence-electron chi connectivity index (χ1n) is 8.66. The molecule has 2 aliphatic rings. The summed E-state index contributed by atoms with van der Waals surface area (Å²) >= 11 is 0. The van der Waals surface area contributed by atoms with Crippen LogP contribution in [0.1, 0.15) is 44.3 Å². The first-order valence-corrected chi connectivity index (χ1v) is 8.66. The molecule has 1 N–H and O–H groups in total. The molecule has 0 unspecified atom stereocenters. The van der Waals surface area contributed by atoms with Gasteiger partial charge >= 0.3 is 0 Å². The Hall–Kier alpha value is -1.47. The molecule has 1 aromatic heterocycles. The molecule has 0 bridgehead atoms. The molecule has 0 aliphatic carbocycles. The van der Waals surface area contributed by atoms with E-state index in [2.05, 4.69) is 27.0 Å². The molecule has 0 spiro atoms. The van der Waals surface area contributed by atoms with Crippen molar-refractivity contribution in [2.75, 3.05) is 19.8 Å². The number of fused-ring (bicyclic) bond motifs is 1. The minimum Gasteiger partial charge on any atom is -0.378 e. The molecule has 2 aliphatic heterocycles. The number of nitrogens with zero attached hydrogens (tertiary/aromatic N) is 3. The lowest BCUT2D eigenvalue weighted by Gasteiger charge is -2.25. The van der Waals surface area contributed by atoms with Gasteiger partial charge in [-0.05, 0) is 19.3 Å². The Bertz CT molecular complexity index is 512. The van der Waals surface area contributed by atoms with Crippen LogP contribution in [0.25, 0.3) is 0 Å². The Labute approximate surface area is 136 Å². The van der Waals surface area contributed by atoms with Gasteiger partial charge in [-0.15, -0.1) is 10.2 Å². The van der Waals surface area contributed by atoms with Gasteiger partial charge in [0.25, 0.3) is 0 Å². The van der Waals surface area contributed by atoms with Crippen molar-refractivity contribution in [3.63, 3.8) is 0 Å². The van der Waals surface area contributed by atoms with Crippen molar-refractivity contribution in [3.8, 4) is 0 Å². The fraction of sp³-hybridized carbons (Fsp3) is 0.812. The number of rotatable bonds is 7. The van der Waals surface area contributed by atoms with Crippen molar-refractivity contribution in [1.82, 2.24) is 20.1 Å². The van der Waals surface area contributed by atoms with Crippen molar-refractivity contribution < 1.29 is 14.3 Å². The number of nitrogens with one attached hydrogen (secondary N) is 1. The van der Waals surface area contributed by atoms with E-state index >= 15 is 0 Å². The predicted octanol–water partition coefficient (Wildman–Crippen LogP) is 0.857. The summed E-state index contributed by atoms with van der Waals surface area (Å²) in [5, 5.41) is 11.5. The van der Waals surface area contributed by atoms with Gasteiger partial charge in [0.2, 0.25) is 5.91 Å². The predicted molar refractivity (Wildman–Crippen MR) is 84.1 cm³/mol. The maximum atomic E-state index is 12.0. The molecule has 3 heterocycles. The van der Waals surface area contributed by atoms with E-state index in [4.69, 9.17) is 9.47 Å². The maximum Gasteiger partial charge on any atom is 0.222 e. The lowest BCUT2D eigenvalue weighted by Crippen LogP contribution is -2.41. The van der Waals surface area contributed by atoms with Gasteiger partial charge in [-0.3, -0.25) is 4.79 Å². The molecule has 1 saturated heterocycles. The zero-order valence-corrected chi connectivity index (χ0v) is 13.8. The third-order valence-corrected chi connectivity index (χ3v) is 4.51. The van der Waals surface area contributed by atoms with Gasteiger partial charge in [0.15, 0.2) is 0 Å². The van der Waals surface area contributed by atoms with Crippen LogP contribution in [-0.2, 0) is 33.7 Å². The van der Waals surface area contributed by atoms with Crippen molar-refractivity contribution in [1.29, 1.82) is 0 Å². The summed E-state index contributed by atoms with van der Waals surface area (Å²) in [5.74, 6) is 2.09. The molecule has 7 heteroatoms. The van der Waals surface area contributed by atoms with Crippen molar-refractivity contribution >= 4 is 5.91 Å². The highest BCUT2D eigenvalue weighted by Crippen LogP contribution is 2.15. The Morgan fingerprint density at radius 1 is 1.43 bits per heavy atom. The lowest BCUT2D eigenvalue weighted by molar-refractivity contribution is -0.123. The van der Waals surface area contributed by atoms with E-state index in [0.717, 1.165) is 56.9 Å². The average molecular weight is 322 g/mol. The average Bonchev–Trinajstić information content (AvgIpc) is 3.20. The zero-order chi connectivity index (χ0) is 16.1. The van der Waals surface area contributed by atoms with E-state index in [0.29, 0.717) is 19.6 Å². The van der Waals surface area contributed by atoms with Crippen LogP contribution in [0.5, 0.6) is 0 Å². The number of hydrogen-bond acceptors (Lipinski definition) is 5. The smallest absolute Gasteiger partial charge is 0.222 e. The van der Waals surface area contributed by atoms with Crippen LogP contribution in [0.2, 0.25) is 0 Å². The van der Waals surface area contributed by atoms with Crippen molar-refractivity contribution in [2.45, 2.75) is 64.1 Å². The van der Waals surface area contributed by atoms with Gasteiger partial charge in [0.1, 0.15) is 11.6 Å². The maximum absolute atomic E-state index is 12.0. The minimum absolute atomic E-state index is 0.0527. The highest BCUT2D eigenvalue weighted by molar-refractivity contribution is 5.76. The molecule has 1 amide bonds. The Morgan fingerprint density at radius 3 is 3.13 bits per heavy atom. The quantitative estimate of drug-likeness (QED) is 0.753. The van der Waals surface area contributed by atoms with Gasteiger partial charge in [0.05, 0.1) is 19.3 Å². The molecule has 0 aromatic carbocycles. The summed E-state index contributed by atoms with van der Waals surface area (Å²) in [5.41, 5.74) is 0. The van der Waals surface area contributed by atoms with E-state index in [1.807, 2.05) is 0 Å². The standard InChI is InChI=1S/C16H26N4O3/c1-2-14-18-19-15-6-5-12(10-20(14)15)17-16(21)7-9-22-11-13-4-3-8-23-13/h12-13H,2-11H2,1H3,(H,17,21)/t12-,13+/m0/s1. The molecule has 0 saturated carbocycles. The molecule has 128 valence electrons. The Kier molecular flexibility index (Phi) is 5.61. The fourth-order valence-electron chi connectivity index (χ4n) is 3.22. The van der Waals surface area contributed by atoms with Crippen LogP contribution in [0, 0.1) is 0 Å². The zero-order valence-electron chi connectivity index (χ0n) is 13.8. The van der Waals surface area contributed by atoms with Crippen LogP contribution in [-0.4, -0.2) is 52.6 Å². The van der Waals surface area contributed by atoms with Gasteiger partial charge in [-0.1, -0.05) is 6.92 Å². The summed E-state index contributed by atoms with van der Waals surface area (Å²) in [4.78, 5) is 12.0. The first kappa shape index (κ1) is 16.4. The Morgan fingerprint density at radius 2 is 2.35 bits per heavy atom. The molecule has 0 radical (unpaired) electrons. The molecular weight excluding hydrogens is 296 g/mol. The molecule has 3 rings (SSSR count). The minimum atomic E-state index is 0.0527. The number of ether oxygens (including phenoxy) is 2. The topological polar surface area (TPSA) is 78.3 Å². The molecule has 23 heavy (non-hydrogen) atoms. The van der Waals surface area contributed by atoms with Gasteiger partial charge in [0, 0.05) is 38.5 Å².